The van der Waals surface area contributed by atoms with Gasteiger partial charge in [-0.05, 0) is 51.9 Å². The average molecular weight is 374 g/mol. The van der Waals surface area contributed by atoms with E-state index in [9.17, 15) is 4.79 Å². The minimum Gasteiger partial charge on any atom is -0.317 e. The molecule has 0 radical (unpaired) electrons. The second kappa shape index (κ2) is 7.58. The normalized spacial score (nSPS) is 27.0. The molecule has 1 atom stereocenters. The molecule has 1 aromatic rings. The Morgan fingerprint density at radius 2 is 1.92 bits per heavy atom. The van der Waals surface area contributed by atoms with Crippen molar-refractivity contribution in [1.82, 2.24) is 15.7 Å². The predicted molar refractivity (Wildman–Crippen MR) is 97.5 cm³/mol. The summed E-state index contributed by atoms with van der Waals surface area (Å²) in [6.07, 6.45) is 2.24. The van der Waals surface area contributed by atoms with Crippen molar-refractivity contribution in [2.75, 3.05) is 19.6 Å². The molecule has 0 aliphatic carbocycles. The van der Waals surface area contributed by atoms with E-state index >= 15 is 0 Å². The van der Waals surface area contributed by atoms with E-state index in [-0.39, 0.29) is 23.9 Å². The van der Waals surface area contributed by atoms with Gasteiger partial charge in [-0.3, -0.25) is 9.69 Å². The van der Waals surface area contributed by atoms with Crippen LogP contribution in [0.4, 0.5) is 0 Å². The maximum absolute atomic E-state index is 12.1. The third kappa shape index (κ3) is 3.55. The third-order valence-electron chi connectivity index (χ3n) is 5.10. The number of carbonyl (C=O) groups is 1. The van der Waals surface area contributed by atoms with Crippen LogP contribution in [-0.4, -0.2) is 47.1 Å². The molecule has 2 fully saturated rings. The summed E-state index contributed by atoms with van der Waals surface area (Å²) in [7, 11) is 0. The fourth-order valence-electron chi connectivity index (χ4n) is 3.37. The molecule has 2 aliphatic rings. The first-order valence-corrected chi connectivity index (χ1v) is 8.52. The van der Waals surface area contributed by atoms with Crippen LogP contribution in [0.3, 0.4) is 0 Å². The molecule has 7 heteroatoms. The van der Waals surface area contributed by atoms with Crippen LogP contribution in [0.2, 0.25) is 0 Å². The van der Waals surface area contributed by atoms with Gasteiger partial charge in [-0.25, -0.2) is 10.3 Å². The van der Waals surface area contributed by atoms with Gasteiger partial charge in [0, 0.05) is 18.2 Å². The minimum atomic E-state index is -0.900. The van der Waals surface area contributed by atoms with E-state index in [0.29, 0.717) is 18.2 Å². The van der Waals surface area contributed by atoms with Gasteiger partial charge in [0.15, 0.2) is 5.06 Å². The highest BCUT2D eigenvalue weighted by atomic mass is 35.5. The Hall–Kier alpha value is -0.850. The van der Waals surface area contributed by atoms with Crippen LogP contribution >= 0.6 is 24.0 Å². The summed E-state index contributed by atoms with van der Waals surface area (Å²) in [5, 5.41) is 2.48. The van der Waals surface area contributed by atoms with Crippen molar-refractivity contribution in [1.29, 1.82) is 0 Å². The molecule has 3 rings (SSSR count). The summed E-state index contributed by atoms with van der Waals surface area (Å²) in [5.41, 5.74) is 2.73. The van der Waals surface area contributed by atoms with Crippen molar-refractivity contribution in [3.05, 3.63) is 35.9 Å². The van der Waals surface area contributed by atoms with Crippen molar-refractivity contribution in [2.24, 2.45) is 0 Å². The number of nitrogens with zero attached hydrogens (tertiary/aromatic N) is 1. The Morgan fingerprint density at radius 1 is 1.29 bits per heavy atom. The number of hydrogen-bond acceptors (Lipinski definition) is 4. The van der Waals surface area contributed by atoms with E-state index in [0.717, 1.165) is 25.9 Å². The highest BCUT2D eigenvalue weighted by molar-refractivity contribution is 6.24. The van der Waals surface area contributed by atoms with Gasteiger partial charge in [-0.15, -0.1) is 12.4 Å². The molecular formula is C17H25Cl2N3O2. The van der Waals surface area contributed by atoms with Crippen LogP contribution < -0.4 is 10.8 Å². The van der Waals surface area contributed by atoms with E-state index in [1.54, 1.807) is 12.1 Å². The van der Waals surface area contributed by atoms with Crippen molar-refractivity contribution in [2.45, 2.75) is 43.3 Å². The lowest BCUT2D eigenvalue weighted by molar-refractivity contribution is -0.216. The number of piperidine rings is 1. The zero-order chi connectivity index (χ0) is 16.5. The number of likely N-dealkylation sites (tertiary alicyclic amines) is 1. The first kappa shape index (κ1) is 19.5. The quantitative estimate of drug-likeness (QED) is 0.628. The number of benzene rings is 1. The lowest BCUT2D eigenvalue weighted by Crippen LogP contribution is -2.78. The third-order valence-corrected chi connectivity index (χ3v) is 5.76. The highest BCUT2D eigenvalue weighted by Gasteiger charge is 2.62. The van der Waals surface area contributed by atoms with E-state index in [1.807, 2.05) is 18.2 Å². The minimum absolute atomic E-state index is 0. The number of nitrogens with one attached hydrogen (secondary N) is 2. The number of halogens is 2. The summed E-state index contributed by atoms with van der Waals surface area (Å²) >= 11 is 6.65. The number of hydrogen-bond donors (Lipinski definition) is 2. The lowest BCUT2D eigenvalue weighted by atomic mass is 9.81. The second-order valence-corrected chi connectivity index (χ2v) is 7.41. The Labute approximate surface area is 154 Å². The van der Waals surface area contributed by atoms with Gasteiger partial charge in [-0.1, -0.05) is 29.8 Å². The van der Waals surface area contributed by atoms with Crippen molar-refractivity contribution >= 4 is 29.9 Å². The molecule has 0 bridgehead atoms. The van der Waals surface area contributed by atoms with E-state index in [2.05, 4.69) is 29.5 Å². The molecule has 0 spiro atoms. The monoisotopic (exact) mass is 373 g/mol. The molecule has 2 aliphatic heterocycles. The van der Waals surface area contributed by atoms with E-state index in [4.69, 9.17) is 16.4 Å². The molecule has 1 aromatic carbocycles. The zero-order valence-electron chi connectivity index (χ0n) is 14.0. The van der Waals surface area contributed by atoms with Crippen LogP contribution in [0.5, 0.6) is 0 Å². The second-order valence-electron chi connectivity index (χ2n) is 6.80. The molecule has 0 saturated carbocycles. The van der Waals surface area contributed by atoms with Crippen LogP contribution in [0, 0.1) is 0 Å². The summed E-state index contributed by atoms with van der Waals surface area (Å²) in [4.78, 5) is 20.1. The SMILES string of the molecule is CC1(C)N(C2CCNCC2)CC1(Cl)ONC(=O)c1ccccc1.Cl. The smallest absolute Gasteiger partial charge is 0.274 e. The van der Waals surface area contributed by atoms with Crippen molar-refractivity contribution < 1.29 is 9.63 Å². The molecule has 2 heterocycles. The molecular weight excluding hydrogens is 349 g/mol. The van der Waals surface area contributed by atoms with Gasteiger partial charge in [0.25, 0.3) is 5.91 Å². The first-order chi connectivity index (χ1) is 10.9. The molecule has 5 nitrogen and oxygen atoms in total. The number of hydroxylamine groups is 1. The Kier molecular flexibility index (Phi) is 6.15. The summed E-state index contributed by atoms with van der Waals surface area (Å²) in [5.74, 6) is -0.276. The maximum Gasteiger partial charge on any atom is 0.274 e. The molecule has 2 saturated heterocycles. The molecule has 1 unspecified atom stereocenters. The Bertz CT molecular complexity index is 564. The molecule has 0 aromatic heterocycles. The van der Waals surface area contributed by atoms with Crippen LogP contribution in [0.25, 0.3) is 0 Å². The maximum atomic E-state index is 12.1. The van der Waals surface area contributed by atoms with E-state index < -0.39 is 5.06 Å². The number of carbonyl (C=O) groups excluding carboxylic acids is 1. The average Bonchev–Trinajstić information content (AvgIpc) is 2.59. The van der Waals surface area contributed by atoms with Crippen LogP contribution in [0.1, 0.15) is 37.0 Å². The molecule has 134 valence electrons. The van der Waals surface area contributed by atoms with Gasteiger partial charge in [0.1, 0.15) is 0 Å². The van der Waals surface area contributed by atoms with Gasteiger partial charge in [0.2, 0.25) is 0 Å². The van der Waals surface area contributed by atoms with Gasteiger partial charge >= 0.3 is 0 Å². The molecule has 1 amide bonds. The Balaban J connectivity index is 0.00000208. The largest absolute Gasteiger partial charge is 0.317 e. The van der Waals surface area contributed by atoms with Crippen LogP contribution in [0.15, 0.2) is 30.3 Å². The predicted octanol–water partition coefficient (Wildman–Crippen LogP) is 2.55. The summed E-state index contributed by atoms with van der Waals surface area (Å²) < 4.78 is 0. The van der Waals surface area contributed by atoms with Crippen LogP contribution in [-0.2, 0) is 4.84 Å². The topological polar surface area (TPSA) is 53.6 Å². The number of amides is 1. The van der Waals surface area contributed by atoms with Gasteiger partial charge < -0.3 is 5.32 Å². The fraction of sp³-hybridized carbons (Fsp3) is 0.588. The summed E-state index contributed by atoms with van der Waals surface area (Å²) in [6.45, 7) is 6.83. The zero-order valence-corrected chi connectivity index (χ0v) is 15.6. The number of rotatable bonds is 4. The highest BCUT2D eigenvalue weighted by Crippen LogP contribution is 2.47. The fourth-order valence-corrected chi connectivity index (χ4v) is 3.65. The standard InChI is InChI=1S/C17H24ClN3O2.ClH/c1-16(2)17(18,12-21(16)14-8-10-19-11-9-14)23-20-15(22)13-6-4-3-5-7-13;/h3-7,14,19H,8-12H2,1-2H3,(H,20,22);1H. The van der Waals surface area contributed by atoms with E-state index in [1.165, 1.54) is 0 Å². The lowest BCUT2D eigenvalue weighted by Gasteiger charge is -2.62. The molecule has 24 heavy (non-hydrogen) atoms. The van der Waals surface area contributed by atoms with Gasteiger partial charge in [0.05, 0.1) is 5.54 Å². The van der Waals surface area contributed by atoms with Crippen molar-refractivity contribution in [3.63, 3.8) is 0 Å². The first-order valence-electron chi connectivity index (χ1n) is 8.14. The number of alkyl halides is 1. The summed E-state index contributed by atoms with van der Waals surface area (Å²) in [6, 6.07) is 9.51. The molecule has 2 N–H and O–H groups in total. The Morgan fingerprint density at radius 3 is 2.50 bits per heavy atom. The van der Waals surface area contributed by atoms with Gasteiger partial charge in [-0.2, -0.15) is 0 Å². The van der Waals surface area contributed by atoms with Crippen molar-refractivity contribution in [3.8, 4) is 0 Å².